The monoisotopic (exact) mass is 350 g/mol. The van der Waals surface area contributed by atoms with Gasteiger partial charge in [-0.05, 0) is 24.3 Å². The number of nitrogens with zero attached hydrogens (tertiary/aromatic N) is 2. The van der Waals surface area contributed by atoms with Crippen LogP contribution < -0.4 is 0 Å². The lowest BCUT2D eigenvalue weighted by Crippen LogP contribution is -2.03. The highest BCUT2D eigenvalue weighted by Gasteiger charge is 2.30. The first-order chi connectivity index (χ1) is 11.3. The summed E-state index contributed by atoms with van der Waals surface area (Å²) in [6, 6.07) is 10.7. The molecule has 0 saturated heterocycles. The Bertz CT molecular complexity index is 872. The van der Waals surface area contributed by atoms with E-state index in [0.717, 1.165) is 12.1 Å². The van der Waals surface area contributed by atoms with Crippen LogP contribution in [0.1, 0.15) is 5.56 Å². The Morgan fingerprint density at radius 2 is 1.54 bits per heavy atom. The Kier molecular flexibility index (Phi) is 4.06. The van der Waals surface area contributed by atoms with Gasteiger partial charge in [-0.2, -0.15) is 13.2 Å². The second kappa shape index (κ2) is 6.04. The van der Waals surface area contributed by atoms with Crippen LogP contribution in [0.15, 0.2) is 53.9 Å². The van der Waals surface area contributed by atoms with Crippen LogP contribution in [0.2, 0.25) is 0 Å². The summed E-state index contributed by atoms with van der Waals surface area (Å²) < 4.78 is 37.7. The van der Waals surface area contributed by atoms with Gasteiger partial charge in [0.2, 0.25) is 0 Å². The molecule has 1 aromatic heterocycles. The fraction of sp³-hybridized carbons (Fsp3) is 0.0625. The van der Waals surface area contributed by atoms with Gasteiger partial charge in [0.05, 0.1) is 16.2 Å². The summed E-state index contributed by atoms with van der Waals surface area (Å²) in [4.78, 5) is 14.5. The second-order valence-electron chi connectivity index (χ2n) is 4.92. The van der Waals surface area contributed by atoms with E-state index in [-0.39, 0.29) is 5.69 Å². The largest absolute Gasteiger partial charge is 0.416 e. The third kappa shape index (κ3) is 3.28. The van der Waals surface area contributed by atoms with E-state index in [2.05, 4.69) is 4.98 Å². The minimum absolute atomic E-state index is 0.0155. The minimum atomic E-state index is -4.37. The van der Waals surface area contributed by atoms with Crippen molar-refractivity contribution in [3.05, 3.63) is 69.6 Å². The highest BCUT2D eigenvalue weighted by atomic mass is 32.1. The summed E-state index contributed by atoms with van der Waals surface area (Å²) in [5.41, 5.74) is 1.12. The van der Waals surface area contributed by atoms with E-state index < -0.39 is 16.7 Å². The fourth-order valence-electron chi connectivity index (χ4n) is 2.09. The SMILES string of the molecule is O=[N+]([O-])c1ccc(-c2nc(-c3ccc(C(F)(F)F)cc3)cs2)cc1. The zero-order chi connectivity index (χ0) is 17.3. The highest BCUT2D eigenvalue weighted by molar-refractivity contribution is 7.13. The summed E-state index contributed by atoms with van der Waals surface area (Å²) in [7, 11) is 0. The normalized spacial score (nSPS) is 11.5. The molecule has 0 atom stereocenters. The number of non-ortho nitro benzene ring substituents is 1. The topological polar surface area (TPSA) is 56.0 Å². The molecule has 8 heteroatoms. The molecular formula is C16H9F3N2O2S. The molecule has 0 saturated carbocycles. The molecule has 0 aliphatic carbocycles. The number of nitro benzene ring substituents is 1. The van der Waals surface area contributed by atoms with Gasteiger partial charge in [0, 0.05) is 28.6 Å². The van der Waals surface area contributed by atoms with Crippen molar-refractivity contribution in [1.82, 2.24) is 4.98 Å². The number of halogens is 3. The average Bonchev–Trinajstić information content (AvgIpc) is 3.04. The number of alkyl halides is 3. The van der Waals surface area contributed by atoms with E-state index in [4.69, 9.17) is 0 Å². The molecule has 0 N–H and O–H groups in total. The predicted octanol–water partition coefficient (Wildman–Crippen LogP) is 5.40. The second-order valence-corrected chi connectivity index (χ2v) is 5.78. The molecule has 24 heavy (non-hydrogen) atoms. The maximum Gasteiger partial charge on any atom is 0.416 e. The van der Waals surface area contributed by atoms with Crippen LogP contribution in [0.25, 0.3) is 21.8 Å². The minimum Gasteiger partial charge on any atom is -0.258 e. The van der Waals surface area contributed by atoms with Crippen molar-refractivity contribution in [2.45, 2.75) is 6.18 Å². The van der Waals surface area contributed by atoms with Gasteiger partial charge >= 0.3 is 6.18 Å². The van der Waals surface area contributed by atoms with E-state index in [1.54, 1.807) is 17.5 Å². The van der Waals surface area contributed by atoms with Gasteiger partial charge in [0.15, 0.2) is 0 Å². The third-order valence-electron chi connectivity index (χ3n) is 3.34. The number of benzene rings is 2. The van der Waals surface area contributed by atoms with Gasteiger partial charge in [-0.15, -0.1) is 11.3 Å². The first-order valence-corrected chi connectivity index (χ1v) is 7.60. The molecule has 3 rings (SSSR count). The smallest absolute Gasteiger partial charge is 0.258 e. The average molecular weight is 350 g/mol. The Labute approximate surface area is 138 Å². The molecule has 0 aliphatic heterocycles. The van der Waals surface area contributed by atoms with E-state index in [9.17, 15) is 23.3 Å². The van der Waals surface area contributed by atoms with E-state index in [0.29, 0.717) is 21.8 Å². The van der Waals surface area contributed by atoms with Crippen molar-refractivity contribution in [2.24, 2.45) is 0 Å². The van der Waals surface area contributed by atoms with E-state index >= 15 is 0 Å². The Hall–Kier alpha value is -2.74. The van der Waals surface area contributed by atoms with Crippen LogP contribution in [-0.2, 0) is 6.18 Å². The van der Waals surface area contributed by atoms with Crippen molar-refractivity contribution >= 4 is 17.0 Å². The Morgan fingerprint density at radius 3 is 2.08 bits per heavy atom. The molecule has 2 aromatic carbocycles. The van der Waals surface area contributed by atoms with E-state index in [1.807, 2.05) is 0 Å². The number of hydrogen-bond acceptors (Lipinski definition) is 4. The molecule has 0 fully saturated rings. The van der Waals surface area contributed by atoms with Gasteiger partial charge in [-0.3, -0.25) is 10.1 Å². The summed E-state index contributed by atoms with van der Waals surface area (Å²) in [5.74, 6) is 0. The van der Waals surface area contributed by atoms with Crippen molar-refractivity contribution in [2.75, 3.05) is 0 Å². The lowest BCUT2D eigenvalue weighted by molar-refractivity contribution is -0.384. The molecule has 122 valence electrons. The van der Waals surface area contributed by atoms with Crippen molar-refractivity contribution in [1.29, 1.82) is 0 Å². The molecule has 0 amide bonds. The molecule has 3 aromatic rings. The molecule has 0 unspecified atom stereocenters. The first kappa shape index (κ1) is 16.1. The molecule has 0 aliphatic rings. The fourth-order valence-corrected chi connectivity index (χ4v) is 2.93. The van der Waals surface area contributed by atoms with Crippen LogP contribution in [0.3, 0.4) is 0 Å². The van der Waals surface area contributed by atoms with Crippen molar-refractivity contribution in [3.8, 4) is 21.8 Å². The summed E-state index contributed by atoms with van der Waals surface area (Å²) in [5, 5.41) is 13.0. The number of rotatable bonds is 3. The summed E-state index contributed by atoms with van der Waals surface area (Å²) >= 11 is 1.32. The number of nitro groups is 1. The molecule has 1 heterocycles. The first-order valence-electron chi connectivity index (χ1n) is 6.72. The van der Waals surface area contributed by atoms with Crippen molar-refractivity contribution < 1.29 is 18.1 Å². The molecule has 0 bridgehead atoms. The van der Waals surface area contributed by atoms with Crippen LogP contribution in [0.4, 0.5) is 18.9 Å². The van der Waals surface area contributed by atoms with Crippen LogP contribution >= 0.6 is 11.3 Å². The predicted molar refractivity (Wildman–Crippen MR) is 84.6 cm³/mol. The Morgan fingerprint density at radius 1 is 0.958 bits per heavy atom. The zero-order valence-corrected chi connectivity index (χ0v) is 12.8. The molecule has 0 spiro atoms. The van der Waals surface area contributed by atoms with Crippen LogP contribution in [0, 0.1) is 10.1 Å². The highest BCUT2D eigenvalue weighted by Crippen LogP contribution is 2.33. The van der Waals surface area contributed by atoms with Gasteiger partial charge in [0.25, 0.3) is 5.69 Å². The molecule has 4 nitrogen and oxygen atoms in total. The van der Waals surface area contributed by atoms with Gasteiger partial charge in [-0.25, -0.2) is 4.98 Å². The zero-order valence-electron chi connectivity index (χ0n) is 11.9. The number of hydrogen-bond donors (Lipinski definition) is 0. The quantitative estimate of drug-likeness (QED) is 0.469. The van der Waals surface area contributed by atoms with Crippen LogP contribution in [0.5, 0.6) is 0 Å². The van der Waals surface area contributed by atoms with Gasteiger partial charge in [0.1, 0.15) is 5.01 Å². The molecule has 0 radical (unpaired) electrons. The van der Waals surface area contributed by atoms with Gasteiger partial charge < -0.3 is 0 Å². The summed E-state index contributed by atoms with van der Waals surface area (Å²) in [6.45, 7) is 0. The van der Waals surface area contributed by atoms with Crippen molar-refractivity contribution in [3.63, 3.8) is 0 Å². The third-order valence-corrected chi connectivity index (χ3v) is 4.23. The number of aromatic nitrogens is 1. The lowest BCUT2D eigenvalue weighted by Gasteiger charge is -2.06. The molecular weight excluding hydrogens is 341 g/mol. The maximum absolute atomic E-state index is 12.6. The standard InChI is InChI=1S/C16H9F3N2O2S/c17-16(18,19)12-5-1-10(2-6-12)14-9-24-15(20-14)11-3-7-13(8-4-11)21(22)23/h1-9H. The Balaban J connectivity index is 1.86. The maximum atomic E-state index is 12.6. The summed E-state index contributed by atoms with van der Waals surface area (Å²) in [6.07, 6.45) is -4.37. The number of thiazole rings is 1. The van der Waals surface area contributed by atoms with Gasteiger partial charge in [-0.1, -0.05) is 12.1 Å². The van der Waals surface area contributed by atoms with Crippen LogP contribution in [-0.4, -0.2) is 9.91 Å². The van der Waals surface area contributed by atoms with E-state index in [1.165, 1.54) is 35.6 Å². The lowest BCUT2D eigenvalue weighted by atomic mass is 10.1.